The average molecular weight is 473 g/mol. The minimum atomic E-state index is -4.93. The fourth-order valence-electron chi connectivity index (χ4n) is 3.26. The highest BCUT2D eigenvalue weighted by Crippen LogP contribution is 2.39. The van der Waals surface area contributed by atoms with Crippen molar-refractivity contribution in [2.24, 2.45) is 0 Å². The molecule has 2 N–H and O–H groups in total. The lowest BCUT2D eigenvalue weighted by Crippen LogP contribution is -2.39. The van der Waals surface area contributed by atoms with Crippen molar-refractivity contribution in [3.05, 3.63) is 41.1 Å². The molecule has 1 aliphatic heterocycles. The normalized spacial score (nSPS) is 17.9. The van der Waals surface area contributed by atoms with E-state index >= 15 is 0 Å². The highest BCUT2D eigenvalue weighted by Gasteiger charge is 2.38. The minimum absolute atomic E-state index is 0. The SMILES string of the molecule is CC(C)=O.Cl.O[C@@H](c1cc(C(F)(F)F)nc2c(C(F)(F)F)cccc12)[C@H]1CCCCN1. The van der Waals surface area contributed by atoms with Crippen molar-refractivity contribution in [1.82, 2.24) is 10.3 Å². The Morgan fingerprint density at radius 3 is 2.23 bits per heavy atom. The van der Waals surface area contributed by atoms with Crippen LogP contribution >= 0.6 is 12.4 Å². The van der Waals surface area contributed by atoms with Gasteiger partial charge in [0.05, 0.1) is 17.2 Å². The first-order valence-electron chi connectivity index (χ1n) is 9.29. The summed E-state index contributed by atoms with van der Waals surface area (Å²) in [6.45, 7) is 3.64. The molecule has 1 aliphatic rings. The molecule has 1 fully saturated rings. The lowest BCUT2D eigenvalue weighted by atomic mass is 9.91. The predicted octanol–water partition coefficient (Wildman–Crippen LogP) is 5.47. The van der Waals surface area contributed by atoms with Crippen molar-refractivity contribution in [3.8, 4) is 0 Å². The van der Waals surface area contributed by atoms with E-state index < -0.39 is 41.3 Å². The summed E-state index contributed by atoms with van der Waals surface area (Å²) in [5, 5.41) is 13.5. The van der Waals surface area contributed by atoms with Crippen LogP contribution in [0, 0.1) is 0 Å². The van der Waals surface area contributed by atoms with E-state index in [-0.39, 0.29) is 29.1 Å². The molecule has 4 nitrogen and oxygen atoms in total. The van der Waals surface area contributed by atoms with Gasteiger partial charge in [-0.05, 0) is 50.9 Å². The van der Waals surface area contributed by atoms with Crippen molar-refractivity contribution in [2.75, 3.05) is 6.54 Å². The topological polar surface area (TPSA) is 62.2 Å². The van der Waals surface area contributed by atoms with Gasteiger partial charge in [-0.3, -0.25) is 0 Å². The molecule has 0 unspecified atom stereocenters. The highest BCUT2D eigenvalue weighted by molar-refractivity contribution is 5.86. The molecule has 3 rings (SSSR count). The number of ketones is 1. The molecule has 0 radical (unpaired) electrons. The smallest absolute Gasteiger partial charge is 0.387 e. The second kappa shape index (κ2) is 10.6. The van der Waals surface area contributed by atoms with E-state index in [0.29, 0.717) is 25.1 Å². The Morgan fingerprint density at radius 1 is 1.13 bits per heavy atom. The third-order valence-corrected chi connectivity index (χ3v) is 4.52. The number of carbonyl (C=O) groups is 1. The van der Waals surface area contributed by atoms with Gasteiger partial charge >= 0.3 is 12.4 Å². The number of piperidine rings is 1. The van der Waals surface area contributed by atoms with E-state index in [2.05, 4.69) is 10.3 Å². The van der Waals surface area contributed by atoms with Crippen LogP contribution in [-0.2, 0) is 17.1 Å². The van der Waals surface area contributed by atoms with Crippen LogP contribution in [0.5, 0.6) is 0 Å². The van der Waals surface area contributed by atoms with Crippen LogP contribution in [-0.4, -0.2) is 28.5 Å². The number of aromatic nitrogens is 1. The maximum atomic E-state index is 13.2. The van der Waals surface area contributed by atoms with Crippen molar-refractivity contribution in [1.29, 1.82) is 0 Å². The number of benzene rings is 1. The summed E-state index contributed by atoms with van der Waals surface area (Å²) in [6.07, 6.45) is -9.00. The number of alkyl halides is 6. The van der Waals surface area contributed by atoms with Gasteiger partial charge in [0.2, 0.25) is 0 Å². The van der Waals surface area contributed by atoms with Crippen LogP contribution < -0.4 is 5.32 Å². The number of hydrogen-bond acceptors (Lipinski definition) is 4. The number of Topliss-reactive ketones (excluding diaryl/α,β-unsaturated/α-hetero) is 1. The van der Waals surface area contributed by atoms with E-state index in [4.69, 9.17) is 0 Å². The fourth-order valence-corrected chi connectivity index (χ4v) is 3.26. The largest absolute Gasteiger partial charge is 0.433 e. The molecule has 2 aromatic rings. The summed E-state index contributed by atoms with van der Waals surface area (Å²) in [6, 6.07) is 3.16. The number of hydrogen-bond donors (Lipinski definition) is 2. The van der Waals surface area contributed by atoms with Gasteiger partial charge in [0, 0.05) is 11.4 Å². The molecule has 174 valence electrons. The molecule has 2 heterocycles. The number of halogens is 7. The lowest BCUT2D eigenvalue weighted by molar-refractivity contribution is -0.142. The van der Waals surface area contributed by atoms with Crippen LogP contribution in [0.2, 0.25) is 0 Å². The summed E-state index contributed by atoms with van der Waals surface area (Å²) in [5.74, 6) is 0.167. The van der Waals surface area contributed by atoms with E-state index in [0.717, 1.165) is 18.9 Å². The minimum Gasteiger partial charge on any atom is -0.387 e. The number of pyridine rings is 1. The van der Waals surface area contributed by atoms with Gasteiger partial charge in [-0.25, -0.2) is 4.98 Å². The number of aliphatic hydroxyl groups is 1. The number of carbonyl (C=O) groups excluding carboxylic acids is 1. The van der Waals surface area contributed by atoms with Gasteiger partial charge in [0.15, 0.2) is 0 Å². The fraction of sp³-hybridized carbons (Fsp3) is 0.500. The van der Waals surface area contributed by atoms with Crippen molar-refractivity contribution >= 4 is 29.1 Å². The van der Waals surface area contributed by atoms with Crippen LogP contribution in [0.3, 0.4) is 0 Å². The Morgan fingerprint density at radius 2 is 1.74 bits per heavy atom. The maximum Gasteiger partial charge on any atom is 0.433 e. The number of nitrogens with one attached hydrogen (secondary N) is 1. The lowest BCUT2D eigenvalue weighted by Gasteiger charge is -2.29. The van der Waals surface area contributed by atoms with E-state index in [1.807, 2.05) is 0 Å². The van der Waals surface area contributed by atoms with E-state index in [1.165, 1.54) is 19.9 Å². The van der Waals surface area contributed by atoms with Gasteiger partial charge in [0.25, 0.3) is 0 Å². The molecular formula is C20H23ClF6N2O2. The first-order valence-corrected chi connectivity index (χ1v) is 9.29. The summed E-state index contributed by atoms with van der Waals surface area (Å²) in [4.78, 5) is 12.7. The zero-order valence-corrected chi connectivity index (χ0v) is 17.6. The Kier molecular flexibility index (Phi) is 9.28. The summed E-state index contributed by atoms with van der Waals surface area (Å²) >= 11 is 0. The Bertz CT molecular complexity index is 892. The molecule has 0 amide bonds. The van der Waals surface area contributed by atoms with Gasteiger partial charge in [0.1, 0.15) is 11.5 Å². The molecule has 0 saturated carbocycles. The maximum absolute atomic E-state index is 13.2. The first-order chi connectivity index (χ1) is 13.8. The Balaban J connectivity index is 0.000000885. The Labute approximate surface area is 181 Å². The second-order valence-corrected chi connectivity index (χ2v) is 7.20. The zero-order valence-electron chi connectivity index (χ0n) is 16.8. The molecule has 0 bridgehead atoms. The standard InChI is InChI=1S/C17H16F6N2O.C3H6O.ClH/c18-16(19,20)11-5-3-4-9-10(15(26)12-6-1-2-7-24-12)8-13(17(21,22)23)25-14(9)11;1-3(2)4;/h3-5,8,12,15,24,26H,1-2,6-7H2;1-2H3;1H/t12-,15+;;/m1../s1. The van der Waals surface area contributed by atoms with Gasteiger partial charge in [-0.2, -0.15) is 26.3 Å². The number of fused-ring (bicyclic) bond motifs is 1. The Hall–Kier alpha value is -1.91. The highest BCUT2D eigenvalue weighted by atomic mass is 35.5. The summed E-state index contributed by atoms with van der Waals surface area (Å²) < 4.78 is 79.3. The van der Waals surface area contributed by atoms with Crippen molar-refractivity contribution in [3.63, 3.8) is 0 Å². The van der Waals surface area contributed by atoms with Crippen LogP contribution in [0.4, 0.5) is 26.3 Å². The molecule has 2 atom stereocenters. The number of para-hydroxylation sites is 1. The molecule has 1 aromatic carbocycles. The van der Waals surface area contributed by atoms with Gasteiger partial charge in [-0.1, -0.05) is 18.6 Å². The van der Waals surface area contributed by atoms with Gasteiger partial charge < -0.3 is 15.2 Å². The molecule has 31 heavy (non-hydrogen) atoms. The first kappa shape index (κ1) is 27.1. The number of aliphatic hydroxyl groups excluding tert-OH is 1. The quantitative estimate of drug-likeness (QED) is 0.569. The zero-order chi connectivity index (χ0) is 22.7. The molecule has 11 heteroatoms. The third-order valence-electron chi connectivity index (χ3n) is 4.52. The van der Waals surface area contributed by atoms with Crippen molar-refractivity contribution < 1.29 is 36.2 Å². The average Bonchev–Trinajstić information content (AvgIpc) is 2.64. The van der Waals surface area contributed by atoms with Crippen LogP contribution in [0.1, 0.15) is 56.0 Å². The number of nitrogens with zero attached hydrogens (tertiary/aromatic N) is 1. The summed E-state index contributed by atoms with van der Waals surface area (Å²) in [7, 11) is 0. The predicted molar refractivity (Wildman–Crippen MR) is 106 cm³/mol. The molecule has 1 saturated heterocycles. The van der Waals surface area contributed by atoms with Crippen LogP contribution in [0.15, 0.2) is 24.3 Å². The number of rotatable bonds is 2. The third kappa shape index (κ3) is 7.05. The molecular weight excluding hydrogens is 450 g/mol. The second-order valence-electron chi connectivity index (χ2n) is 7.20. The van der Waals surface area contributed by atoms with E-state index in [1.54, 1.807) is 0 Å². The van der Waals surface area contributed by atoms with Crippen molar-refractivity contribution in [2.45, 2.75) is 57.6 Å². The van der Waals surface area contributed by atoms with Gasteiger partial charge in [-0.15, -0.1) is 12.4 Å². The van der Waals surface area contributed by atoms with E-state index in [9.17, 15) is 36.2 Å². The molecule has 0 aliphatic carbocycles. The monoisotopic (exact) mass is 472 g/mol. The summed E-state index contributed by atoms with van der Waals surface area (Å²) in [5.41, 5.74) is -3.72. The van der Waals surface area contributed by atoms with Crippen LogP contribution in [0.25, 0.3) is 10.9 Å². The molecule has 0 spiro atoms. The molecule has 1 aromatic heterocycles.